The van der Waals surface area contributed by atoms with Gasteiger partial charge in [0.1, 0.15) is 0 Å². The monoisotopic (exact) mass is 750 g/mol. The average molecular weight is 751 g/mol. The van der Waals surface area contributed by atoms with Gasteiger partial charge in [-0.1, -0.05) is 162 Å². The van der Waals surface area contributed by atoms with E-state index in [0.717, 1.165) is 40.5 Å². The van der Waals surface area contributed by atoms with Gasteiger partial charge < -0.3 is 9.80 Å². The molecule has 1 aliphatic rings. The van der Waals surface area contributed by atoms with Crippen molar-refractivity contribution in [1.82, 2.24) is 0 Å². The molecular weight excluding hydrogens is 701 g/mol. The molecule has 0 aliphatic heterocycles. The predicted molar refractivity (Wildman–Crippen MR) is 250 cm³/mol. The van der Waals surface area contributed by atoms with Gasteiger partial charge in [0.25, 0.3) is 0 Å². The molecule has 0 radical (unpaired) electrons. The Labute approximate surface area is 345 Å². The maximum absolute atomic E-state index is 2.35. The molecule has 2 heteroatoms. The van der Waals surface area contributed by atoms with Crippen molar-refractivity contribution in [2.75, 3.05) is 9.80 Å². The van der Waals surface area contributed by atoms with Gasteiger partial charge in [-0.2, -0.15) is 0 Å². The van der Waals surface area contributed by atoms with Crippen molar-refractivity contribution >= 4 is 52.4 Å². The second-order valence-corrected chi connectivity index (χ2v) is 15.4. The van der Waals surface area contributed by atoms with Gasteiger partial charge in [-0.15, -0.1) is 0 Å². The van der Waals surface area contributed by atoms with E-state index in [0.29, 0.717) is 5.92 Å². The predicted octanol–water partition coefficient (Wildman–Crippen LogP) is 15.7. The van der Waals surface area contributed by atoms with Gasteiger partial charge in [0.15, 0.2) is 0 Å². The molecule has 0 heterocycles. The van der Waals surface area contributed by atoms with Crippen molar-refractivity contribution in [1.29, 1.82) is 0 Å². The normalized spacial score (nSPS) is 13.9. The summed E-state index contributed by atoms with van der Waals surface area (Å²) in [6.07, 6.45) is 16.8. The van der Waals surface area contributed by atoms with Crippen molar-refractivity contribution in [3.05, 3.63) is 244 Å². The second kappa shape index (κ2) is 17.5. The molecule has 2 nitrogen and oxygen atoms in total. The van der Waals surface area contributed by atoms with Crippen LogP contribution in [0.1, 0.15) is 56.8 Å². The van der Waals surface area contributed by atoms with E-state index in [-0.39, 0.29) is 0 Å². The summed E-state index contributed by atoms with van der Waals surface area (Å²) in [4.78, 5) is 4.62. The molecule has 0 aromatic heterocycles. The van der Waals surface area contributed by atoms with E-state index in [9.17, 15) is 0 Å². The van der Waals surface area contributed by atoms with Crippen LogP contribution in [0.25, 0.3) is 18.2 Å². The molecule has 0 amide bonds. The standard InChI is InChI=1S/C56H50N2/c1-41-5-29-51(30-6-41)57(52-31-7-42(2)8-32-52)55-37-21-47(22-38-55)15-13-45-17-25-49(26-18-45)50-27-19-46(20-28-50)14-16-48-23-39-56(40-24-48)58(53-33-9-43(3)10-34-53)54-35-11-44(4)12-36-54/h5-27,29-40,50H,28H2,1-4H3/b15-13+,16-14+. The number of anilines is 6. The highest BCUT2D eigenvalue weighted by Crippen LogP contribution is 2.37. The lowest BCUT2D eigenvalue weighted by Crippen LogP contribution is -2.09. The van der Waals surface area contributed by atoms with Crippen LogP contribution in [0, 0.1) is 27.7 Å². The van der Waals surface area contributed by atoms with Crippen LogP contribution < -0.4 is 9.80 Å². The highest BCUT2D eigenvalue weighted by atomic mass is 15.1. The molecule has 8 rings (SSSR count). The van der Waals surface area contributed by atoms with Crippen LogP contribution in [-0.2, 0) is 0 Å². The second-order valence-electron chi connectivity index (χ2n) is 15.4. The molecule has 7 aromatic rings. The molecule has 1 unspecified atom stereocenters. The third kappa shape index (κ3) is 9.20. The first-order chi connectivity index (χ1) is 28.3. The van der Waals surface area contributed by atoms with Crippen LogP contribution in [0.2, 0.25) is 0 Å². The number of rotatable bonds is 11. The molecule has 0 spiro atoms. The summed E-state index contributed by atoms with van der Waals surface area (Å²) in [5.41, 5.74) is 18.0. The van der Waals surface area contributed by atoms with Crippen LogP contribution >= 0.6 is 0 Å². The van der Waals surface area contributed by atoms with E-state index in [2.05, 4.69) is 250 Å². The fourth-order valence-electron chi connectivity index (χ4n) is 7.39. The number of allylic oxidation sites excluding steroid dienone is 5. The molecule has 58 heavy (non-hydrogen) atoms. The van der Waals surface area contributed by atoms with E-state index in [1.807, 2.05) is 0 Å². The summed E-state index contributed by atoms with van der Waals surface area (Å²) < 4.78 is 0. The van der Waals surface area contributed by atoms with Crippen molar-refractivity contribution in [3.8, 4) is 0 Å². The molecule has 0 bridgehead atoms. The van der Waals surface area contributed by atoms with Gasteiger partial charge in [0, 0.05) is 40.0 Å². The van der Waals surface area contributed by atoms with Gasteiger partial charge in [0.05, 0.1) is 0 Å². The van der Waals surface area contributed by atoms with Gasteiger partial charge in [-0.05, 0) is 135 Å². The fraction of sp³-hybridized carbons (Fsp3) is 0.107. The van der Waals surface area contributed by atoms with Gasteiger partial charge in [0.2, 0.25) is 0 Å². The first-order valence-electron chi connectivity index (χ1n) is 20.3. The average Bonchev–Trinajstić information content (AvgIpc) is 3.26. The molecule has 7 aromatic carbocycles. The molecule has 1 atom stereocenters. The Kier molecular flexibility index (Phi) is 11.5. The van der Waals surface area contributed by atoms with Crippen LogP contribution in [0.4, 0.5) is 34.1 Å². The molecule has 0 fully saturated rings. The van der Waals surface area contributed by atoms with Crippen molar-refractivity contribution in [3.63, 3.8) is 0 Å². The minimum atomic E-state index is 0.376. The van der Waals surface area contributed by atoms with Crippen LogP contribution in [0.15, 0.2) is 200 Å². The van der Waals surface area contributed by atoms with Gasteiger partial charge in [-0.3, -0.25) is 0 Å². The molecule has 0 saturated heterocycles. The summed E-state index contributed by atoms with van der Waals surface area (Å²) >= 11 is 0. The Morgan fingerprint density at radius 1 is 0.362 bits per heavy atom. The van der Waals surface area contributed by atoms with Crippen LogP contribution in [0.5, 0.6) is 0 Å². The van der Waals surface area contributed by atoms with E-state index < -0.39 is 0 Å². The van der Waals surface area contributed by atoms with E-state index in [1.165, 1.54) is 50.1 Å². The van der Waals surface area contributed by atoms with Crippen LogP contribution in [-0.4, -0.2) is 0 Å². The number of hydrogen-bond acceptors (Lipinski definition) is 2. The first-order valence-corrected chi connectivity index (χ1v) is 20.3. The molecule has 284 valence electrons. The van der Waals surface area contributed by atoms with Crippen molar-refractivity contribution in [2.45, 2.75) is 40.0 Å². The molecule has 0 N–H and O–H groups in total. The van der Waals surface area contributed by atoms with Gasteiger partial charge in [-0.25, -0.2) is 0 Å². The molecular formula is C56H50N2. The van der Waals surface area contributed by atoms with Crippen molar-refractivity contribution < 1.29 is 0 Å². The topological polar surface area (TPSA) is 6.48 Å². The summed E-state index contributed by atoms with van der Waals surface area (Å²) in [7, 11) is 0. The maximum atomic E-state index is 2.35. The number of benzene rings is 7. The van der Waals surface area contributed by atoms with E-state index in [4.69, 9.17) is 0 Å². The van der Waals surface area contributed by atoms with E-state index >= 15 is 0 Å². The summed E-state index contributed by atoms with van der Waals surface area (Å²) in [6, 6.07) is 61.5. The highest BCUT2D eigenvalue weighted by Gasteiger charge is 2.14. The summed E-state index contributed by atoms with van der Waals surface area (Å²) in [6.45, 7) is 8.51. The Hall–Kier alpha value is -6.90. The lowest BCUT2D eigenvalue weighted by molar-refractivity contribution is 0.848. The Balaban J connectivity index is 0.883. The minimum Gasteiger partial charge on any atom is -0.311 e. The number of nitrogens with zero attached hydrogens (tertiary/aromatic N) is 2. The molecule has 0 saturated carbocycles. The Morgan fingerprint density at radius 3 is 0.966 bits per heavy atom. The largest absolute Gasteiger partial charge is 0.311 e. The quantitative estimate of drug-likeness (QED) is 0.122. The lowest BCUT2D eigenvalue weighted by Gasteiger charge is -2.26. The SMILES string of the molecule is Cc1ccc(N(c2ccc(C)cc2)c2ccc(/C=C/C3=CCC(c4ccc(/C=C/c5ccc(N(c6ccc(C)cc6)c6ccc(C)cc6)cc5)cc4)C=C3)cc2)cc1. The zero-order valence-corrected chi connectivity index (χ0v) is 33.9. The van der Waals surface area contributed by atoms with E-state index in [1.54, 1.807) is 0 Å². The third-order valence-electron chi connectivity index (χ3n) is 10.9. The minimum absolute atomic E-state index is 0.376. The molecule has 1 aliphatic carbocycles. The summed E-state index contributed by atoms with van der Waals surface area (Å²) in [5, 5.41) is 0. The first kappa shape index (κ1) is 38.0. The Morgan fingerprint density at radius 2 is 0.655 bits per heavy atom. The Bertz CT molecular complexity index is 2460. The number of aryl methyl sites for hydroxylation is 4. The zero-order valence-electron chi connectivity index (χ0n) is 33.9. The summed E-state index contributed by atoms with van der Waals surface area (Å²) in [5.74, 6) is 0.376. The highest BCUT2D eigenvalue weighted by molar-refractivity contribution is 5.79. The lowest BCUT2D eigenvalue weighted by atomic mass is 9.89. The number of hydrogen-bond donors (Lipinski definition) is 0. The zero-order chi connectivity index (χ0) is 39.8. The van der Waals surface area contributed by atoms with Crippen LogP contribution in [0.3, 0.4) is 0 Å². The smallest absolute Gasteiger partial charge is 0.0462 e. The fourth-order valence-corrected chi connectivity index (χ4v) is 7.39. The van der Waals surface area contributed by atoms with Gasteiger partial charge >= 0.3 is 0 Å². The third-order valence-corrected chi connectivity index (χ3v) is 10.9. The van der Waals surface area contributed by atoms with Crippen molar-refractivity contribution in [2.24, 2.45) is 0 Å². The maximum Gasteiger partial charge on any atom is 0.0462 e.